The Morgan fingerprint density at radius 1 is 1.33 bits per heavy atom. The van der Waals surface area contributed by atoms with Gasteiger partial charge in [-0.3, -0.25) is 0 Å². The van der Waals surface area contributed by atoms with E-state index in [-0.39, 0.29) is 0 Å². The molecule has 0 saturated carbocycles. The highest BCUT2D eigenvalue weighted by Crippen LogP contribution is 2.28. The van der Waals surface area contributed by atoms with Crippen LogP contribution in [0.4, 0.5) is 5.69 Å². The van der Waals surface area contributed by atoms with Crippen LogP contribution in [0.15, 0.2) is 44.7 Å². The first kappa shape index (κ1) is 16.3. The fourth-order valence-corrected chi connectivity index (χ4v) is 3.76. The number of halogens is 2. The van der Waals surface area contributed by atoms with Gasteiger partial charge in [-0.2, -0.15) is 0 Å². The van der Waals surface area contributed by atoms with Crippen molar-refractivity contribution in [2.45, 2.75) is 6.54 Å². The van der Waals surface area contributed by atoms with E-state index < -0.39 is 5.97 Å². The number of carbonyl (C=O) groups is 1. The van der Waals surface area contributed by atoms with Crippen molar-refractivity contribution in [1.82, 2.24) is 0 Å². The third-order valence-electron chi connectivity index (χ3n) is 2.82. The summed E-state index contributed by atoms with van der Waals surface area (Å²) in [5.74, 6) is -0.950. The molecule has 110 valence electrons. The van der Waals surface area contributed by atoms with Gasteiger partial charge in [0.05, 0.1) is 6.54 Å². The van der Waals surface area contributed by atoms with Crippen molar-refractivity contribution >= 4 is 60.9 Å². The average Bonchev–Trinajstić information content (AvgIpc) is 2.82. The fraction of sp³-hybridized carbons (Fsp3) is 0.133. The van der Waals surface area contributed by atoms with Crippen LogP contribution in [0, 0.1) is 0 Å². The molecular formula is C15H13Br2NO2S. The molecule has 1 aromatic carbocycles. The number of thiophene rings is 1. The molecule has 0 aliphatic heterocycles. The topological polar surface area (TPSA) is 40.5 Å². The van der Waals surface area contributed by atoms with Gasteiger partial charge in [0.2, 0.25) is 0 Å². The molecule has 2 aromatic rings. The number of carboxylic acids is 1. The number of anilines is 1. The number of aliphatic carboxylic acids is 1. The summed E-state index contributed by atoms with van der Waals surface area (Å²) in [6.07, 6.45) is 2.77. The molecule has 0 saturated heterocycles. The van der Waals surface area contributed by atoms with Crippen molar-refractivity contribution in [1.29, 1.82) is 0 Å². The van der Waals surface area contributed by atoms with E-state index >= 15 is 0 Å². The van der Waals surface area contributed by atoms with Crippen molar-refractivity contribution in [3.05, 3.63) is 55.1 Å². The second kappa shape index (κ2) is 7.24. The highest BCUT2D eigenvalue weighted by molar-refractivity contribution is 9.10. The maximum Gasteiger partial charge on any atom is 0.328 e. The van der Waals surface area contributed by atoms with E-state index in [1.165, 1.54) is 4.88 Å². The van der Waals surface area contributed by atoms with Crippen LogP contribution in [0.2, 0.25) is 0 Å². The molecule has 6 heteroatoms. The summed E-state index contributed by atoms with van der Waals surface area (Å²) >= 11 is 8.60. The zero-order valence-electron chi connectivity index (χ0n) is 11.2. The third kappa shape index (κ3) is 4.69. The van der Waals surface area contributed by atoms with Gasteiger partial charge in [0.25, 0.3) is 0 Å². The summed E-state index contributed by atoms with van der Waals surface area (Å²) in [7, 11) is 1.99. The van der Waals surface area contributed by atoms with Gasteiger partial charge >= 0.3 is 5.97 Å². The lowest BCUT2D eigenvalue weighted by molar-refractivity contribution is -0.131. The number of rotatable bonds is 5. The summed E-state index contributed by atoms with van der Waals surface area (Å²) in [6.45, 7) is 0.765. The van der Waals surface area contributed by atoms with E-state index in [1.54, 1.807) is 17.4 Å². The summed E-state index contributed by atoms with van der Waals surface area (Å²) in [5, 5.41) is 10.8. The van der Waals surface area contributed by atoms with Gasteiger partial charge < -0.3 is 10.0 Å². The van der Waals surface area contributed by atoms with Crippen molar-refractivity contribution in [2.75, 3.05) is 11.9 Å². The molecule has 0 fully saturated rings. The van der Waals surface area contributed by atoms with E-state index in [1.807, 2.05) is 25.2 Å². The van der Waals surface area contributed by atoms with Gasteiger partial charge in [-0.25, -0.2) is 4.79 Å². The lowest BCUT2D eigenvalue weighted by atomic mass is 10.1. The molecule has 2 rings (SSSR count). The summed E-state index contributed by atoms with van der Waals surface area (Å²) in [6, 6.07) is 7.89. The fourth-order valence-electron chi connectivity index (χ4n) is 1.91. The maximum absolute atomic E-state index is 10.7. The maximum atomic E-state index is 10.7. The average molecular weight is 431 g/mol. The molecule has 0 spiro atoms. The lowest BCUT2D eigenvalue weighted by Crippen LogP contribution is -2.16. The van der Waals surface area contributed by atoms with Gasteiger partial charge in [-0.1, -0.05) is 22.0 Å². The van der Waals surface area contributed by atoms with E-state index in [4.69, 9.17) is 5.11 Å². The first-order valence-corrected chi connectivity index (χ1v) is 8.57. The molecule has 0 radical (unpaired) electrons. The van der Waals surface area contributed by atoms with Crippen molar-refractivity contribution in [3.63, 3.8) is 0 Å². The molecule has 21 heavy (non-hydrogen) atoms. The number of benzene rings is 1. The second-order valence-electron chi connectivity index (χ2n) is 4.46. The summed E-state index contributed by atoms with van der Waals surface area (Å²) in [4.78, 5) is 14.0. The minimum absolute atomic E-state index is 0.765. The van der Waals surface area contributed by atoms with Gasteiger partial charge in [-0.05, 0) is 45.8 Å². The lowest BCUT2D eigenvalue weighted by Gasteiger charge is -2.21. The number of nitrogens with zero attached hydrogens (tertiary/aromatic N) is 1. The highest BCUT2D eigenvalue weighted by atomic mass is 79.9. The van der Waals surface area contributed by atoms with Crippen LogP contribution < -0.4 is 4.90 Å². The minimum atomic E-state index is -0.950. The summed E-state index contributed by atoms with van der Waals surface area (Å²) in [5.41, 5.74) is 1.85. The number of hydrogen-bond acceptors (Lipinski definition) is 3. The molecule has 0 bridgehead atoms. The number of hydrogen-bond donors (Lipinski definition) is 1. The van der Waals surface area contributed by atoms with Crippen molar-refractivity contribution in [3.8, 4) is 0 Å². The van der Waals surface area contributed by atoms with Crippen LogP contribution in [0.25, 0.3) is 6.08 Å². The Labute approximate surface area is 144 Å². The van der Waals surface area contributed by atoms with Crippen LogP contribution in [-0.2, 0) is 11.3 Å². The normalized spacial score (nSPS) is 11.0. The van der Waals surface area contributed by atoms with E-state index in [9.17, 15) is 4.79 Å². The Bertz CT molecular complexity index is 682. The van der Waals surface area contributed by atoms with Crippen LogP contribution >= 0.6 is 43.2 Å². The first-order chi connectivity index (χ1) is 9.95. The Morgan fingerprint density at radius 2 is 2.10 bits per heavy atom. The molecule has 0 unspecified atom stereocenters. The highest BCUT2D eigenvalue weighted by Gasteiger charge is 2.09. The molecule has 1 N–H and O–H groups in total. The Kier molecular flexibility index (Phi) is 5.61. The van der Waals surface area contributed by atoms with E-state index in [2.05, 4.69) is 48.2 Å². The van der Waals surface area contributed by atoms with Crippen LogP contribution in [0.5, 0.6) is 0 Å². The second-order valence-corrected chi connectivity index (χ2v) is 7.29. The molecule has 0 atom stereocenters. The smallest absolute Gasteiger partial charge is 0.328 e. The van der Waals surface area contributed by atoms with Gasteiger partial charge in [0.1, 0.15) is 0 Å². The standard InChI is InChI=1S/C15H13Br2NO2S/c1-18(8-13-6-12(17)9-21-13)14-7-11(16)4-2-10(14)3-5-15(19)20/h2-7,9H,8H2,1H3,(H,19,20). The predicted molar refractivity (Wildman–Crippen MR) is 94.9 cm³/mol. The van der Waals surface area contributed by atoms with Gasteiger partial charge in [0.15, 0.2) is 0 Å². The van der Waals surface area contributed by atoms with Crippen LogP contribution in [-0.4, -0.2) is 18.1 Å². The van der Waals surface area contributed by atoms with Crippen molar-refractivity contribution < 1.29 is 9.90 Å². The molecule has 1 aromatic heterocycles. The molecule has 0 aliphatic carbocycles. The van der Waals surface area contributed by atoms with E-state index in [0.717, 1.165) is 32.8 Å². The molecular weight excluding hydrogens is 418 g/mol. The Hall–Kier alpha value is -1.11. The molecule has 0 aliphatic rings. The monoisotopic (exact) mass is 429 g/mol. The van der Waals surface area contributed by atoms with Crippen LogP contribution in [0.1, 0.15) is 10.4 Å². The van der Waals surface area contributed by atoms with Crippen LogP contribution in [0.3, 0.4) is 0 Å². The van der Waals surface area contributed by atoms with Gasteiger partial charge in [-0.15, -0.1) is 11.3 Å². The quantitative estimate of drug-likeness (QED) is 0.678. The molecule has 0 amide bonds. The first-order valence-electron chi connectivity index (χ1n) is 6.10. The zero-order valence-corrected chi connectivity index (χ0v) is 15.2. The molecule has 1 heterocycles. The SMILES string of the molecule is CN(Cc1cc(Br)cs1)c1cc(Br)ccc1C=CC(=O)O. The van der Waals surface area contributed by atoms with E-state index in [0.29, 0.717) is 0 Å². The Balaban J connectivity index is 2.27. The summed E-state index contributed by atoms with van der Waals surface area (Å²) < 4.78 is 2.04. The van der Waals surface area contributed by atoms with Gasteiger partial charge in [0, 0.05) is 38.0 Å². The van der Waals surface area contributed by atoms with Crippen molar-refractivity contribution in [2.24, 2.45) is 0 Å². The zero-order chi connectivity index (χ0) is 15.4. The third-order valence-corrected chi connectivity index (χ3v) is 5.00. The Morgan fingerprint density at radius 3 is 2.71 bits per heavy atom. The molecule has 3 nitrogen and oxygen atoms in total. The number of carboxylic acid groups (broad SMARTS) is 1. The predicted octanol–water partition coefficient (Wildman–Crippen LogP) is 5.01. The minimum Gasteiger partial charge on any atom is -0.478 e. The largest absolute Gasteiger partial charge is 0.478 e.